The summed E-state index contributed by atoms with van der Waals surface area (Å²) in [7, 11) is 0. The quantitative estimate of drug-likeness (QED) is 0.167. The van der Waals surface area contributed by atoms with E-state index in [1.807, 2.05) is 26.0 Å². The fourth-order valence-corrected chi connectivity index (χ4v) is 4.93. The molecule has 0 aliphatic heterocycles. The average molecular weight is 659 g/mol. The SMILES string of the molecule is CCCOc1ccc(C(=O)N/N=C/c2cc(Br)cc(Br)c2OCc2ccc(Cl)cc2Cl)cc1OCC. The second-order valence-electron chi connectivity index (χ2n) is 7.47. The molecule has 0 aromatic heterocycles. The minimum atomic E-state index is -0.390. The first-order valence-corrected chi connectivity index (χ1v) is 13.4. The number of rotatable bonds is 11. The molecule has 3 aromatic rings. The van der Waals surface area contributed by atoms with E-state index in [-0.39, 0.29) is 6.61 Å². The summed E-state index contributed by atoms with van der Waals surface area (Å²) < 4.78 is 18.9. The highest BCUT2D eigenvalue weighted by molar-refractivity contribution is 9.11. The lowest BCUT2D eigenvalue weighted by Gasteiger charge is -2.13. The molecule has 0 saturated heterocycles. The van der Waals surface area contributed by atoms with E-state index in [0.29, 0.717) is 56.1 Å². The van der Waals surface area contributed by atoms with Crippen LogP contribution in [-0.4, -0.2) is 25.3 Å². The number of nitrogens with zero attached hydrogens (tertiary/aromatic N) is 1. The van der Waals surface area contributed by atoms with Gasteiger partial charge in [0.25, 0.3) is 5.91 Å². The maximum absolute atomic E-state index is 12.7. The van der Waals surface area contributed by atoms with Gasteiger partial charge in [-0.2, -0.15) is 5.10 Å². The Bertz CT molecular complexity index is 1250. The molecule has 0 spiro atoms. The summed E-state index contributed by atoms with van der Waals surface area (Å²) in [4.78, 5) is 12.7. The molecular weight excluding hydrogens is 635 g/mol. The maximum Gasteiger partial charge on any atom is 0.271 e. The number of benzene rings is 3. The number of amides is 1. The molecule has 3 aromatic carbocycles. The van der Waals surface area contributed by atoms with Crippen molar-refractivity contribution >= 4 is 67.2 Å². The topological polar surface area (TPSA) is 69.2 Å². The Balaban J connectivity index is 1.75. The lowest BCUT2D eigenvalue weighted by molar-refractivity contribution is 0.0954. The Labute approximate surface area is 237 Å². The zero-order valence-electron chi connectivity index (χ0n) is 19.6. The van der Waals surface area contributed by atoms with Crippen LogP contribution in [-0.2, 0) is 6.61 Å². The highest BCUT2D eigenvalue weighted by Crippen LogP contribution is 2.33. The molecule has 190 valence electrons. The van der Waals surface area contributed by atoms with Crippen LogP contribution in [0, 0.1) is 0 Å². The molecule has 36 heavy (non-hydrogen) atoms. The second-order valence-corrected chi connectivity index (χ2v) is 10.1. The van der Waals surface area contributed by atoms with Crippen molar-refractivity contribution in [1.82, 2.24) is 5.43 Å². The highest BCUT2D eigenvalue weighted by atomic mass is 79.9. The number of hydrazone groups is 1. The fourth-order valence-electron chi connectivity index (χ4n) is 3.09. The van der Waals surface area contributed by atoms with Crippen LogP contribution in [0.3, 0.4) is 0 Å². The molecular formula is C26H24Br2Cl2N2O4. The van der Waals surface area contributed by atoms with Crippen molar-refractivity contribution in [2.24, 2.45) is 5.10 Å². The molecule has 6 nitrogen and oxygen atoms in total. The van der Waals surface area contributed by atoms with Gasteiger partial charge in [-0.05, 0) is 71.7 Å². The maximum atomic E-state index is 12.7. The standard InChI is InChI=1S/C26H24Br2Cl2N2O4/c1-3-9-35-23-8-6-16(11-24(23)34-4-2)26(33)32-31-14-18-10-19(27)12-21(28)25(18)36-15-17-5-7-20(29)13-22(17)30/h5-8,10-14H,3-4,9,15H2,1-2H3,(H,32,33)/b31-14+. The zero-order valence-corrected chi connectivity index (χ0v) is 24.3. The molecule has 0 fully saturated rings. The number of halogens is 4. The van der Waals surface area contributed by atoms with Gasteiger partial charge in [-0.1, -0.05) is 52.1 Å². The number of ether oxygens (including phenoxy) is 3. The highest BCUT2D eigenvalue weighted by Gasteiger charge is 2.13. The Kier molecular flexibility index (Phi) is 10.9. The Morgan fingerprint density at radius 2 is 1.81 bits per heavy atom. The number of carbonyl (C=O) groups is 1. The third-order valence-electron chi connectivity index (χ3n) is 4.76. The normalized spacial score (nSPS) is 10.9. The lowest BCUT2D eigenvalue weighted by atomic mass is 10.2. The number of nitrogens with one attached hydrogen (secondary N) is 1. The van der Waals surface area contributed by atoms with Gasteiger partial charge in [0, 0.05) is 31.2 Å². The first-order valence-electron chi connectivity index (χ1n) is 11.1. The van der Waals surface area contributed by atoms with Crippen molar-refractivity contribution in [3.63, 3.8) is 0 Å². The molecule has 0 saturated carbocycles. The molecule has 3 rings (SSSR count). The minimum Gasteiger partial charge on any atom is -0.490 e. The van der Waals surface area contributed by atoms with E-state index in [9.17, 15) is 4.79 Å². The van der Waals surface area contributed by atoms with Gasteiger partial charge in [-0.3, -0.25) is 4.79 Å². The molecule has 0 bridgehead atoms. The van der Waals surface area contributed by atoms with Gasteiger partial charge in [0.2, 0.25) is 0 Å². The second kappa shape index (κ2) is 13.9. The van der Waals surface area contributed by atoms with E-state index >= 15 is 0 Å². The van der Waals surface area contributed by atoms with Crippen molar-refractivity contribution in [1.29, 1.82) is 0 Å². The van der Waals surface area contributed by atoms with E-state index in [1.165, 1.54) is 6.21 Å². The van der Waals surface area contributed by atoms with Crippen LogP contribution in [0.4, 0.5) is 0 Å². The van der Waals surface area contributed by atoms with Crippen LogP contribution in [0.15, 0.2) is 62.6 Å². The third kappa shape index (κ3) is 7.87. The molecule has 10 heteroatoms. The van der Waals surface area contributed by atoms with E-state index in [4.69, 9.17) is 37.4 Å². The van der Waals surface area contributed by atoms with Crippen LogP contribution in [0.5, 0.6) is 17.2 Å². The van der Waals surface area contributed by atoms with E-state index in [2.05, 4.69) is 42.4 Å². The third-order valence-corrected chi connectivity index (χ3v) is 6.40. The van der Waals surface area contributed by atoms with Gasteiger partial charge in [0.15, 0.2) is 11.5 Å². The van der Waals surface area contributed by atoms with Gasteiger partial charge in [-0.15, -0.1) is 0 Å². The predicted octanol–water partition coefficient (Wildman–Crippen LogP) is 8.05. The van der Waals surface area contributed by atoms with Crippen LogP contribution < -0.4 is 19.6 Å². The van der Waals surface area contributed by atoms with E-state index < -0.39 is 5.91 Å². The first kappa shape index (κ1) is 28.3. The molecule has 1 N–H and O–H groups in total. The van der Waals surface area contributed by atoms with Gasteiger partial charge in [-0.25, -0.2) is 5.43 Å². The van der Waals surface area contributed by atoms with Crippen LogP contribution in [0.1, 0.15) is 41.8 Å². The molecule has 1 amide bonds. The largest absolute Gasteiger partial charge is 0.490 e. The summed E-state index contributed by atoms with van der Waals surface area (Å²) in [6.07, 6.45) is 2.38. The van der Waals surface area contributed by atoms with Crippen LogP contribution in [0.25, 0.3) is 0 Å². The van der Waals surface area contributed by atoms with Crippen molar-refractivity contribution < 1.29 is 19.0 Å². The Morgan fingerprint density at radius 3 is 2.53 bits per heavy atom. The smallest absolute Gasteiger partial charge is 0.271 e. The fraction of sp³-hybridized carbons (Fsp3) is 0.231. The first-order chi connectivity index (χ1) is 17.3. The summed E-state index contributed by atoms with van der Waals surface area (Å²) in [6.45, 7) is 5.13. The molecule has 0 atom stereocenters. The number of hydrogen-bond donors (Lipinski definition) is 1. The predicted molar refractivity (Wildman–Crippen MR) is 151 cm³/mol. The monoisotopic (exact) mass is 656 g/mol. The van der Waals surface area contributed by atoms with Crippen molar-refractivity contribution in [3.05, 3.63) is 84.2 Å². The van der Waals surface area contributed by atoms with Crippen molar-refractivity contribution in [2.45, 2.75) is 26.9 Å². The van der Waals surface area contributed by atoms with Crippen LogP contribution >= 0.6 is 55.1 Å². The molecule has 0 heterocycles. The lowest BCUT2D eigenvalue weighted by Crippen LogP contribution is -2.18. The van der Waals surface area contributed by atoms with E-state index in [0.717, 1.165) is 16.5 Å². The molecule has 0 radical (unpaired) electrons. The zero-order chi connectivity index (χ0) is 26.1. The van der Waals surface area contributed by atoms with Gasteiger partial charge in [0.1, 0.15) is 12.4 Å². The summed E-state index contributed by atoms with van der Waals surface area (Å²) in [5, 5.41) is 5.19. The van der Waals surface area contributed by atoms with Crippen molar-refractivity contribution in [3.8, 4) is 17.2 Å². The average Bonchev–Trinajstić information content (AvgIpc) is 2.83. The van der Waals surface area contributed by atoms with Crippen molar-refractivity contribution in [2.75, 3.05) is 13.2 Å². The summed E-state index contributed by atoms with van der Waals surface area (Å²) in [5.41, 5.74) is 4.36. The molecule has 0 unspecified atom stereocenters. The van der Waals surface area contributed by atoms with Gasteiger partial charge < -0.3 is 14.2 Å². The summed E-state index contributed by atoms with van der Waals surface area (Å²) >= 11 is 19.2. The molecule has 0 aliphatic rings. The number of hydrogen-bond acceptors (Lipinski definition) is 5. The van der Waals surface area contributed by atoms with Gasteiger partial charge >= 0.3 is 0 Å². The molecule has 0 aliphatic carbocycles. The van der Waals surface area contributed by atoms with Gasteiger partial charge in [0.05, 0.1) is 23.9 Å². The summed E-state index contributed by atoms with van der Waals surface area (Å²) in [6, 6.07) is 13.9. The Hall–Kier alpha value is -2.26. The minimum absolute atomic E-state index is 0.218. The van der Waals surface area contributed by atoms with Crippen LogP contribution in [0.2, 0.25) is 10.0 Å². The Morgan fingerprint density at radius 1 is 1.00 bits per heavy atom. The summed E-state index contributed by atoms with van der Waals surface area (Å²) in [5.74, 6) is 1.26. The number of carbonyl (C=O) groups excluding carboxylic acids is 1. The van der Waals surface area contributed by atoms with E-state index in [1.54, 1.807) is 36.4 Å².